The van der Waals surface area contributed by atoms with Gasteiger partial charge in [0.1, 0.15) is 5.52 Å². The van der Waals surface area contributed by atoms with Gasteiger partial charge in [0.15, 0.2) is 5.54 Å². The van der Waals surface area contributed by atoms with Gasteiger partial charge in [-0.25, -0.2) is 9.48 Å². The van der Waals surface area contributed by atoms with Crippen LogP contribution in [0.1, 0.15) is 37.8 Å². The summed E-state index contributed by atoms with van der Waals surface area (Å²) >= 11 is 0. The van der Waals surface area contributed by atoms with E-state index in [1.165, 1.54) is 0 Å². The molecular weight excluding hydrogens is 242 g/mol. The van der Waals surface area contributed by atoms with Gasteiger partial charge in [0.25, 0.3) is 0 Å². The average Bonchev–Trinajstić information content (AvgIpc) is 2.76. The van der Waals surface area contributed by atoms with E-state index in [-0.39, 0.29) is 0 Å². The summed E-state index contributed by atoms with van der Waals surface area (Å²) < 4.78 is 1.57. The van der Waals surface area contributed by atoms with E-state index in [1.807, 2.05) is 39.8 Å². The van der Waals surface area contributed by atoms with Gasteiger partial charge in [-0.2, -0.15) is 0 Å². The van der Waals surface area contributed by atoms with Crippen molar-refractivity contribution in [1.82, 2.24) is 15.0 Å². The molecule has 0 aliphatic heterocycles. The number of rotatable bonds is 4. The number of nitrogens with zero attached hydrogens (tertiary/aromatic N) is 3. The van der Waals surface area contributed by atoms with Gasteiger partial charge in [-0.3, -0.25) is 0 Å². The Bertz CT molecular complexity index is 627. The second-order valence-electron chi connectivity index (χ2n) is 4.97. The molecule has 0 saturated heterocycles. The van der Waals surface area contributed by atoms with Gasteiger partial charge in [-0.15, -0.1) is 5.10 Å². The van der Waals surface area contributed by atoms with Crippen molar-refractivity contribution in [2.45, 2.75) is 46.1 Å². The Balaban J connectivity index is 2.74. The molecule has 0 atom stereocenters. The first-order valence-electron chi connectivity index (χ1n) is 6.52. The number of aliphatic carboxylic acids is 1. The first-order valence-corrected chi connectivity index (χ1v) is 6.52. The number of benzene rings is 1. The van der Waals surface area contributed by atoms with Crippen LogP contribution in [0, 0.1) is 13.8 Å². The Morgan fingerprint density at radius 1 is 1.26 bits per heavy atom. The fourth-order valence-electron chi connectivity index (χ4n) is 2.44. The van der Waals surface area contributed by atoms with E-state index in [2.05, 4.69) is 10.3 Å². The van der Waals surface area contributed by atoms with Crippen LogP contribution in [0.15, 0.2) is 12.1 Å². The number of carboxylic acids is 1. The number of aromatic nitrogens is 3. The van der Waals surface area contributed by atoms with Crippen LogP contribution >= 0.6 is 0 Å². The summed E-state index contributed by atoms with van der Waals surface area (Å²) in [6, 6.07) is 3.92. The highest BCUT2D eigenvalue weighted by atomic mass is 16.4. The van der Waals surface area contributed by atoms with Crippen molar-refractivity contribution in [2.75, 3.05) is 0 Å². The summed E-state index contributed by atoms with van der Waals surface area (Å²) in [4.78, 5) is 11.7. The van der Waals surface area contributed by atoms with Crippen molar-refractivity contribution in [3.63, 3.8) is 0 Å². The summed E-state index contributed by atoms with van der Waals surface area (Å²) in [6.07, 6.45) is 0.953. The summed E-state index contributed by atoms with van der Waals surface area (Å²) in [6.45, 7) is 7.75. The lowest BCUT2D eigenvalue weighted by molar-refractivity contribution is -0.148. The molecule has 0 spiro atoms. The van der Waals surface area contributed by atoms with Gasteiger partial charge >= 0.3 is 5.97 Å². The minimum atomic E-state index is -1.02. The van der Waals surface area contributed by atoms with Crippen LogP contribution in [-0.2, 0) is 10.3 Å². The van der Waals surface area contributed by atoms with Gasteiger partial charge in [-0.05, 0) is 49.9 Å². The Hall–Kier alpha value is -1.91. The van der Waals surface area contributed by atoms with Crippen molar-refractivity contribution in [2.24, 2.45) is 0 Å². The molecule has 5 nitrogen and oxygen atoms in total. The second kappa shape index (κ2) is 4.64. The molecule has 1 aromatic carbocycles. The molecule has 0 bridgehead atoms. The standard InChI is InChI=1S/C14H19N3O2/c1-5-14(6-2,13(18)19)17-12-8-10(4)9(3)7-11(12)15-16-17/h7-8H,5-6H2,1-4H3,(H,18,19). The van der Waals surface area contributed by atoms with Crippen molar-refractivity contribution < 1.29 is 9.90 Å². The maximum absolute atomic E-state index is 11.7. The van der Waals surface area contributed by atoms with Crippen molar-refractivity contribution >= 4 is 17.0 Å². The van der Waals surface area contributed by atoms with E-state index in [0.29, 0.717) is 12.8 Å². The van der Waals surface area contributed by atoms with E-state index in [1.54, 1.807) is 4.68 Å². The molecule has 0 fully saturated rings. The molecule has 2 aromatic rings. The molecule has 1 heterocycles. The Morgan fingerprint density at radius 2 is 1.84 bits per heavy atom. The van der Waals surface area contributed by atoms with Gasteiger partial charge in [0.2, 0.25) is 0 Å². The number of hydrogen-bond acceptors (Lipinski definition) is 3. The zero-order valence-corrected chi connectivity index (χ0v) is 11.8. The highest BCUT2D eigenvalue weighted by Gasteiger charge is 2.39. The number of carboxylic acid groups (broad SMARTS) is 1. The van der Waals surface area contributed by atoms with E-state index >= 15 is 0 Å². The normalized spacial score (nSPS) is 12.0. The molecule has 19 heavy (non-hydrogen) atoms. The molecule has 0 aliphatic rings. The molecule has 1 aromatic heterocycles. The SMILES string of the molecule is CCC(CC)(C(=O)O)n1nnc2cc(C)c(C)cc21. The van der Waals surface area contributed by atoms with Crippen LogP contribution in [0.2, 0.25) is 0 Å². The summed E-state index contributed by atoms with van der Waals surface area (Å²) in [5.41, 5.74) is 2.76. The monoisotopic (exact) mass is 261 g/mol. The Labute approximate surface area is 112 Å². The highest BCUT2D eigenvalue weighted by Crippen LogP contribution is 2.29. The Morgan fingerprint density at radius 3 is 2.37 bits per heavy atom. The van der Waals surface area contributed by atoms with E-state index in [4.69, 9.17) is 0 Å². The predicted molar refractivity (Wildman–Crippen MR) is 73.2 cm³/mol. The molecule has 0 radical (unpaired) electrons. The van der Waals surface area contributed by atoms with Crippen molar-refractivity contribution in [1.29, 1.82) is 0 Å². The molecule has 0 unspecified atom stereocenters. The summed E-state index contributed by atoms with van der Waals surface area (Å²) in [5.74, 6) is -0.859. The summed E-state index contributed by atoms with van der Waals surface area (Å²) in [5, 5.41) is 17.8. The third kappa shape index (κ3) is 1.89. The molecule has 0 saturated carbocycles. The van der Waals surface area contributed by atoms with Crippen LogP contribution in [0.5, 0.6) is 0 Å². The lowest BCUT2D eigenvalue weighted by Gasteiger charge is -2.27. The third-order valence-electron chi connectivity index (χ3n) is 4.03. The lowest BCUT2D eigenvalue weighted by Crippen LogP contribution is -2.41. The lowest BCUT2D eigenvalue weighted by atomic mass is 9.92. The molecule has 0 aliphatic carbocycles. The van der Waals surface area contributed by atoms with Gasteiger partial charge in [0, 0.05) is 0 Å². The van der Waals surface area contributed by atoms with E-state index < -0.39 is 11.5 Å². The van der Waals surface area contributed by atoms with Crippen LogP contribution < -0.4 is 0 Å². The molecule has 1 N–H and O–H groups in total. The first-order chi connectivity index (χ1) is 8.96. The van der Waals surface area contributed by atoms with E-state index in [9.17, 15) is 9.90 Å². The minimum absolute atomic E-state index is 0.476. The van der Waals surface area contributed by atoms with Crippen molar-refractivity contribution in [3.8, 4) is 0 Å². The number of hydrogen-bond donors (Lipinski definition) is 1. The fourth-order valence-corrected chi connectivity index (χ4v) is 2.44. The number of fused-ring (bicyclic) bond motifs is 1. The molecule has 5 heteroatoms. The molecular formula is C14H19N3O2. The van der Waals surface area contributed by atoms with Crippen LogP contribution in [0.4, 0.5) is 0 Å². The second-order valence-corrected chi connectivity index (χ2v) is 4.97. The van der Waals surface area contributed by atoms with Gasteiger partial charge in [0.05, 0.1) is 5.52 Å². The highest BCUT2D eigenvalue weighted by molar-refractivity contribution is 5.82. The predicted octanol–water partition coefficient (Wildman–Crippen LogP) is 2.65. The van der Waals surface area contributed by atoms with Gasteiger partial charge < -0.3 is 5.11 Å². The zero-order valence-electron chi connectivity index (χ0n) is 11.8. The minimum Gasteiger partial charge on any atom is -0.479 e. The van der Waals surface area contributed by atoms with E-state index in [0.717, 1.165) is 22.2 Å². The maximum Gasteiger partial charge on any atom is 0.331 e. The van der Waals surface area contributed by atoms with Crippen molar-refractivity contribution in [3.05, 3.63) is 23.3 Å². The summed E-state index contributed by atoms with van der Waals surface area (Å²) in [7, 11) is 0. The van der Waals surface area contributed by atoms with Crippen LogP contribution in [0.3, 0.4) is 0 Å². The quantitative estimate of drug-likeness (QED) is 0.918. The van der Waals surface area contributed by atoms with Crippen LogP contribution in [-0.4, -0.2) is 26.1 Å². The fraction of sp³-hybridized carbons (Fsp3) is 0.500. The largest absolute Gasteiger partial charge is 0.479 e. The van der Waals surface area contributed by atoms with Gasteiger partial charge in [-0.1, -0.05) is 19.1 Å². The zero-order chi connectivity index (χ0) is 14.2. The Kier molecular flexibility index (Phi) is 3.30. The number of aryl methyl sites for hydroxylation is 2. The third-order valence-corrected chi connectivity index (χ3v) is 4.03. The molecule has 2 rings (SSSR count). The van der Waals surface area contributed by atoms with Crippen LogP contribution in [0.25, 0.3) is 11.0 Å². The first kappa shape index (κ1) is 13.5. The molecule has 0 amide bonds. The maximum atomic E-state index is 11.7. The topological polar surface area (TPSA) is 68.0 Å². The number of carbonyl (C=O) groups is 1. The smallest absolute Gasteiger partial charge is 0.331 e. The average molecular weight is 261 g/mol. The molecule has 102 valence electrons.